The molecule has 0 saturated carbocycles. The third-order valence-electron chi connectivity index (χ3n) is 3.03. The van der Waals surface area contributed by atoms with E-state index >= 15 is 0 Å². The molecule has 0 saturated heterocycles. The summed E-state index contributed by atoms with van der Waals surface area (Å²) in [4.78, 5) is 27.6. The average Bonchev–Trinajstić information content (AvgIpc) is 2.87. The molecule has 0 aliphatic rings. The van der Waals surface area contributed by atoms with Gasteiger partial charge in [0, 0.05) is 22.1 Å². The van der Waals surface area contributed by atoms with Gasteiger partial charge in [0.25, 0.3) is 0 Å². The van der Waals surface area contributed by atoms with Crippen LogP contribution in [0.4, 0.5) is 0 Å². The molecule has 0 spiro atoms. The number of aromatic carboxylic acids is 1. The monoisotopic (exact) mass is 304 g/mol. The Morgan fingerprint density at radius 1 is 1.43 bits per heavy atom. The van der Waals surface area contributed by atoms with Crippen LogP contribution in [0, 0.1) is 6.92 Å². The zero-order valence-electron chi connectivity index (χ0n) is 11.8. The first-order valence-corrected chi connectivity index (χ1v) is 7.36. The number of nitrogens with zero attached hydrogens (tertiary/aromatic N) is 1. The van der Waals surface area contributed by atoms with E-state index in [1.54, 1.807) is 11.6 Å². The number of carbonyl (C=O) groups is 2. The molecule has 0 aliphatic heterocycles. The molecule has 1 unspecified atom stereocenters. The van der Waals surface area contributed by atoms with Crippen LogP contribution in [0.15, 0.2) is 29.8 Å². The molecule has 0 fully saturated rings. The summed E-state index contributed by atoms with van der Waals surface area (Å²) in [5, 5.41) is 13.3. The Balaban J connectivity index is 1.96. The standard InChI is InChI=1S/C15H16N2O3S/c1-9-5-11(3-4-16-9)10(2)17-14(18)7-13-6-12(8-21-13)15(19)20/h3-6,8,10H,7H2,1-2H3,(H,17,18)(H,19,20). The number of aromatic nitrogens is 1. The van der Waals surface area contributed by atoms with E-state index in [9.17, 15) is 9.59 Å². The molecule has 1 atom stereocenters. The SMILES string of the molecule is Cc1cc(C(C)NC(=O)Cc2cc(C(=O)O)cs2)ccn1. The molecular formula is C15H16N2O3S. The normalized spacial score (nSPS) is 11.9. The Hall–Kier alpha value is -2.21. The number of pyridine rings is 1. The highest BCUT2D eigenvalue weighted by molar-refractivity contribution is 7.10. The molecule has 0 radical (unpaired) electrons. The molecular weight excluding hydrogens is 288 g/mol. The summed E-state index contributed by atoms with van der Waals surface area (Å²) in [6.45, 7) is 3.81. The summed E-state index contributed by atoms with van der Waals surface area (Å²) in [7, 11) is 0. The third-order valence-corrected chi connectivity index (χ3v) is 3.97. The van der Waals surface area contributed by atoms with Gasteiger partial charge in [-0.15, -0.1) is 11.3 Å². The molecule has 2 rings (SSSR count). The fourth-order valence-corrected chi connectivity index (χ4v) is 2.81. The lowest BCUT2D eigenvalue weighted by Crippen LogP contribution is -2.27. The van der Waals surface area contributed by atoms with Gasteiger partial charge < -0.3 is 10.4 Å². The predicted octanol–water partition coefficient (Wildman–Crippen LogP) is 2.57. The highest BCUT2D eigenvalue weighted by Gasteiger charge is 2.13. The number of rotatable bonds is 5. The van der Waals surface area contributed by atoms with Crippen LogP contribution < -0.4 is 5.32 Å². The van der Waals surface area contributed by atoms with Gasteiger partial charge in [-0.1, -0.05) is 0 Å². The number of thiophene rings is 1. The first-order chi connectivity index (χ1) is 9.95. The second-order valence-corrected chi connectivity index (χ2v) is 5.80. The summed E-state index contributed by atoms with van der Waals surface area (Å²) >= 11 is 1.28. The average molecular weight is 304 g/mol. The number of hydrogen-bond donors (Lipinski definition) is 2. The molecule has 110 valence electrons. The minimum Gasteiger partial charge on any atom is -0.478 e. The van der Waals surface area contributed by atoms with Crippen molar-refractivity contribution in [2.24, 2.45) is 0 Å². The van der Waals surface area contributed by atoms with E-state index in [1.807, 2.05) is 26.0 Å². The van der Waals surface area contributed by atoms with Crippen molar-refractivity contribution in [3.05, 3.63) is 51.5 Å². The van der Waals surface area contributed by atoms with Crippen molar-refractivity contribution in [2.45, 2.75) is 26.3 Å². The molecule has 0 aliphatic carbocycles. The van der Waals surface area contributed by atoms with Gasteiger partial charge >= 0.3 is 5.97 Å². The lowest BCUT2D eigenvalue weighted by molar-refractivity contribution is -0.121. The Labute approximate surface area is 126 Å². The maximum absolute atomic E-state index is 12.0. The van der Waals surface area contributed by atoms with E-state index in [1.165, 1.54) is 17.4 Å². The van der Waals surface area contributed by atoms with Gasteiger partial charge in [-0.25, -0.2) is 4.79 Å². The Bertz CT molecular complexity index is 666. The van der Waals surface area contributed by atoms with Gasteiger partial charge in [0.05, 0.1) is 18.0 Å². The lowest BCUT2D eigenvalue weighted by Gasteiger charge is -2.14. The minimum absolute atomic E-state index is 0.113. The Kier molecular flexibility index (Phi) is 4.70. The fraction of sp³-hybridized carbons (Fsp3) is 0.267. The summed E-state index contributed by atoms with van der Waals surface area (Å²) < 4.78 is 0. The summed E-state index contributed by atoms with van der Waals surface area (Å²) in [6, 6.07) is 5.22. The molecule has 2 N–H and O–H groups in total. The number of aryl methyl sites for hydroxylation is 1. The zero-order chi connectivity index (χ0) is 15.4. The zero-order valence-corrected chi connectivity index (χ0v) is 12.6. The first kappa shape index (κ1) is 15.2. The van der Waals surface area contributed by atoms with Crippen LogP contribution in [0.25, 0.3) is 0 Å². The Morgan fingerprint density at radius 2 is 2.19 bits per heavy atom. The van der Waals surface area contributed by atoms with Crippen LogP contribution in [0.2, 0.25) is 0 Å². The van der Waals surface area contributed by atoms with Crippen molar-refractivity contribution in [2.75, 3.05) is 0 Å². The second-order valence-electron chi connectivity index (χ2n) is 4.80. The van der Waals surface area contributed by atoms with Crippen LogP contribution in [0.5, 0.6) is 0 Å². The van der Waals surface area contributed by atoms with Crippen LogP contribution >= 0.6 is 11.3 Å². The molecule has 2 aromatic heterocycles. The predicted molar refractivity (Wildman–Crippen MR) is 80.5 cm³/mol. The number of carboxylic acid groups (broad SMARTS) is 1. The number of carbonyl (C=O) groups excluding carboxylic acids is 1. The number of carboxylic acids is 1. The molecule has 0 aromatic carbocycles. The van der Waals surface area contributed by atoms with Gasteiger partial charge in [-0.2, -0.15) is 0 Å². The van der Waals surface area contributed by atoms with E-state index in [0.717, 1.165) is 16.1 Å². The summed E-state index contributed by atoms with van der Waals surface area (Å²) in [6.07, 6.45) is 1.90. The van der Waals surface area contributed by atoms with Crippen molar-refractivity contribution in [1.29, 1.82) is 0 Å². The van der Waals surface area contributed by atoms with Crippen LogP contribution in [0.3, 0.4) is 0 Å². The van der Waals surface area contributed by atoms with Crippen molar-refractivity contribution in [1.82, 2.24) is 10.3 Å². The molecule has 2 heterocycles. The van der Waals surface area contributed by atoms with Crippen LogP contribution in [-0.4, -0.2) is 22.0 Å². The fourth-order valence-electron chi connectivity index (χ4n) is 1.96. The maximum atomic E-state index is 12.0. The summed E-state index contributed by atoms with van der Waals surface area (Å²) in [5.41, 5.74) is 2.12. The topological polar surface area (TPSA) is 79.3 Å². The van der Waals surface area contributed by atoms with Crippen molar-refractivity contribution < 1.29 is 14.7 Å². The highest BCUT2D eigenvalue weighted by Crippen LogP contribution is 2.17. The number of hydrogen-bond acceptors (Lipinski definition) is 4. The molecule has 2 aromatic rings. The molecule has 1 amide bonds. The largest absolute Gasteiger partial charge is 0.478 e. The lowest BCUT2D eigenvalue weighted by atomic mass is 10.1. The summed E-state index contributed by atoms with van der Waals surface area (Å²) in [5.74, 6) is -1.10. The van der Waals surface area contributed by atoms with Crippen molar-refractivity contribution in [3.63, 3.8) is 0 Å². The van der Waals surface area contributed by atoms with Gasteiger partial charge in [0.1, 0.15) is 0 Å². The second kappa shape index (κ2) is 6.49. The molecule has 5 nitrogen and oxygen atoms in total. The van der Waals surface area contributed by atoms with Gasteiger partial charge in [0.2, 0.25) is 5.91 Å². The molecule has 0 bridgehead atoms. The molecule has 21 heavy (non-hydrogen) atoms. The quantitative estimate of drug-likeness (QED) is 0.889. The number of nitrogens with one attached hydrogen (secondary N) is 1. The van der Waals surface area contributed by atoms with Gasteiger partial charge in [-0.3, -0.25) is 9.78 Å². The van der Waals surface area contributed by atoms with E-state index < -0.39 is 5.97 Å². The van der Waals surface area contributed by atoms with E-state index in [2.05, 4.69) is 10.3 Å². The molecule has 6 heteroatoms. The van der Waals surface area contributed by atoms with E-state index in [0.29, 0.717) is 0 Å². The maximum Gasteiger partial charge on any atom is 0.336 e. The minimum atomic E-state index is -0.974. The van der Waals surface area contributed by atoms with Crippen LogP contribution in [0.1, 0.15) is 39.5 Å². The van der Waals surface area contributed by atoms with Gasteiger partial charge in [0.15, 0.2) is 0 Å². The number of amides is 1. The van der Waals surface area contributed by atoms with Crippen molar-refractivity contribution >= 4 is 23.2 Å². The highest BCUT2D eigenvalue weighted by atomic mass is 32.1. The van der Waals surface area contributed by atoms with E-state index in [4.69, 9.17) is 5.11 Å². The van der Waals surface area contributed by atoms with Gasteiger partial charge in [-0.05, 0) is 37.6 Å². The van der Waals surface area contributed by atoms with E-state index in [-0.39, 0.29) is 23.9 Å². The van der Waals surface area contributed by atoms with Crippen LogP contribution in [-0.2, 0) is 11.2 Å². The first-order valence-electron chi connectivity index (χ1n) is 6.48. The third kappa shape index (κ3) is 4.13. The Morgan fingerprint density at radius 3 is 2.81 bits per heavy atom. The van der Waals surface area contributed by atoms with Crippen molar-refractivity contribution in [3.8, 4) is 0 Å². The smallest absolute Gasteiger partial charge is 0.336 e.